The fourth-order valence-electron chi connectivity index (χ4n) is 4.55. The van der Waals surface area contributed by atoms with Crippen molar-refractivity contribution in [2.24, 2.45) is 0 Å². The highest BCUT2D eigenvalue weighted by Gasteiger charge is 2.47. The average Bonchev–Trinajstić information content (AvgIpc) is 3.00. The number of rotatable bonds is 3. The summed E-state index contributed by atoms with van der Waals surface area (Å²) in [4.78, 5) is 2.44. The van der Waals surface area contributed by atoms with E-state index in [-0.39, 0.29) is 12.4 Å². The van der Waals surface area contributed by atoms with Gasteiger partial charge in [0, 0.05) is 31.2 Å². The zero-order chi connectivity index (χ0) is 16.8. The van der Waals surface area contributed by atoms with Gasteiger partial charge in [-0.2, -0.15) is 0 Å². The Balaban J connectivity index is 1.86. The molecule has 2 heterocycles. The van der Waals surface area contributed by atoms with Crippen LogP contribution >= 0.6 is 0 Å². The Morgan fingerprint density at radius 3 is 2.46 bits per heavy atom. The largest absolute Gasteiger partial charge is 0.493 e. The molecule has 4 atom stereocenters. The SMILES string of the molecule is COc1cc2c(cc1OC)C1C(CC=C3CCN(C)C31)OC2OC. The predicted octanol–water partition coefficient (Wildman–Crippen LogP) is 2.87. The summed E-state index contributed by atoms with van der Waals surface area (Å²) in [6.07, 6.45) is 4.24. The highest BCUT2D eigenvalue weighted by Crippen LogP contribution is 2.50. The van der Waals surface area contributed by atoms with Gasteiger partial charge < -0.3 is 18.9 Å². The fourth-order valence-corrected chi connectivity index (χ4v) is 4.55. The second-order valence-electron chi connectivity index (χ2n) is 6.79. The van der Waals surface area contributed by atoms with Gasteiger partial charge in [-0.1, -0.05) is 11.6 Å². The summed E-state index contributed by atoms with van der Waals surface area (Å²) < 4.78 is 23.0. The van der Waals surface area contributed by atoms with E-state index in [4.69, 9.17) is 18.9 Å². The number of likely N-dealkylation sites (N-methyl/N-ethyl adjacent to an activating group) is 1. The molecule has 130 valence electrons. The summed E-state index contributed by atoms with van der Waals surface area (Å²) in [5.74, 6) is 1.79. The van der Waals surface area contributed by atoms with Crippen LogP contribution in [0.4, 0.5) is 0 Å². The van der Waals surface area contributed by atoms with E-state index in [9.17, 15) is 0 Å². The Hall–Kier alpha value is -1.56. The lowest BCUT2D eigenvalue weighted by Gasteiger charge is -2.44. The van der Waals surface area contributed by atoms with Gasteiger partial charge in [-0.25, -0.2) is 0 Å². The zero-order valence-corrected chi connectivity index (χ0v) is 14.7. The van der Waals surface area contributed by atoms with E-state index in [1.54, 1.807) is 26.9 Å². The van der Waals surface area contributed by atoms with Crippen molar-refractivity contribution in [1.82, 2.24) is 4.90 Å². The van der Waals surface area contributed by atoms with Crippen LogP contribution in [0.2, 0.25) is 0 Å². The molecule has 4 unspecified atom stereocenters. The number of benzene rings is 1. The van der Waals surface area contributed by atoms with Crippen LogP contribution in [0.5, 0.6) is 11.5 Å². The van der Waals surface area contributed by atoms with Gasteiger partial charge in [0.05, 0.1) is 20.3 Å². The van der Waals surface area contributed by atoms with E-state index in [0.29, 0.717) is 17.7 Å². The van der Waals surface area contributed by atoms with Crippen molar-refractivity contribution in [3.05, 3.63) is 34.9 Å². The van der Waals surface area contributed by atoms with Gasteiger partial charge in [-0.3, -0.25) is 4.90 Å². The van der Waals surface area contributed by atoms with Gasteiger partial charge in [0.25, 0.3) is 0 Å². The third-order valence-corrected chi connectivity index (χ3v) is 5.68. The smallest absolute Gasteiger partial charge is 0.184 e. The molecule has 1 aromatic rings. The Kier molecular flexibility index (Phi) is 4.03. The minimum atomic E-state index is -0.359. The summed E-state index contributed by atoms with van der Waals surface area (Å²) in [5, 5.41) is 0. The maximum atomic E-state index is 6.31. The van der Waals surface area contributed by atoms with Crippen molar-refractivity contribution in [2.75, 3.05) is 34.9 Å². The first kappa shape index (κ1) is 15.9. The summed E-state index contributed by atoms with van der Waals surface area (Å²) in [5.41, 5.74) is 3.86. The molecule has 5 heteroatoms. The normalized spacial score (nSPS) is 31.8. The highest BCUT2D eigenvalue weighted by atomic mass is 16.7. The Bertz CT molecular complexity index is 672. The molecule has 0 N–H and O–H groups in total. The molecule has 0 spiro atoms. The van der Waals surface area contributed by atoms with Crippen molar-refractivity contribution >= 4 is 0 Å². The monoisotopic (exact) mass is 331 g/mol. The van der Waals surface area contributed by atoms with E-state index < -0.39 is 0 Å². The lowest BCUT2D eigenvalue weighted by Crippen LogP contribution is -2.45. The number of hydrogen-bond acceptors (Lipinski definition) is 5. The number of ether oxygens (including phenoxy) is 4. The van der Waals surface area contributed by atoms with E-state index in [0.717, 1.165) is 30.7 Å². The van der Waals surface area contributed by atoms with Gasteiger partial charge in [0.15, 0.2) is 17.8 Å². The number of nitrogens with zero attached hydrogens (tertiary/aromatic N) is 1. The molecule has 0 radical (unpaired) electrons. The van der Waals surface area contributed by atoms with Crippen molar-refractivity contribution in [3.8, 4) is 11.5 Å². The molecule has 2 aliphatic heterocycles. The van der Waals surface area contributed by atoms with Crippen LogP contribution in [0.25, 0.3) is 0 Å². The molecule has 5 nitrogen and oxygen atoms in total. The van der Waals surface area contributed by atoms with Crippen LogP contribution in [0.3, 0.4) is 0 Å². The number of fused-ring (bicyclic) bond motifs is 5. The maximum Gasteiger partial charge on any atom is 0.184 e. The summed E-state index contributed by atoms with van der Waals surface area (Å²) in [6.45, 7) is 1.11. The molecule has 1 aliphatic carbocycles. The Morgan fingerprint density at radius 1 is 1.08 bits per heavy atom. The summed E-state index contributed by atoms with van der Waals surface area (Å²) >= 11 is 0. The summed E-state index contributed by atoms with van der Waals surface area (Å²) in [6, 6.07) is 4.53. The van der Waals surface area contributed by atoms with Crippen LogP contribution in [0.1, 0.15) is 36.2 Å². The molecule has 24 heavy (non-hydrogen) atoms. The third kappa shape index (κ3) is 2.26. The standard InChI is InChI=1S/C19H25NO4/c1-20-8-7-11-5-6-14-17(18(11)20)12-9-15(21-2)16(22-3)10-13(12)19(23-4)24-14/h5,9-10,14,17-19H,6-8H2,1-4H3. The van der Waals surface area contributed by atoms with Crippen LogP contribution in [-0.2, 0) is 9.47 Å². The van der Waals surface area contributed by atoms with Gasteiger partial charge >= 0.3 is 0 Å². The van der Waals surface area contributed by atoms with E-state index >= 15 is 0 Å². The average molecular weight is 331 g/mol. The molecule has 1 fully saturated rings. The quantitative estimate of drug-likeness (QED) is 0.797. The zero-order valence-electron chi connectivity index (χ0n) is 14.7. The first-order valence-corrected chi connectivity index (χ1v) is 8.51. The third-order valence-electron chi connectivity index (χ3n) is 5.68. The van der Waals surface area contributed by atoms with Crippen molar-refractivity contribution < 1.29 is 18.9 Å². The molecule has 1 saturated heterocycles. The van der Waals surface area contributed by atoms with Crippen LogP contribution in [0, 0.1) is 0 Å². The predicted molar refractivity (Wildman–Crippen MR) is 90.6 cm³/mol. The van der Waals surface area contributed by atoms with Crippen LogP contribution in [-0.4, -0.2) is 52.0 Å². The van der Waals surface area contributed by atoms with Crippen molar-refractivity contribution in [2.45, 2.75) is 37.2 Å². The number of methoxy groups -OCH3 is 3. The van der Waals surface area contributed by atoms with Crippen molar-refractivity contribution in [1.29, 1.82) is 0 Å². The molecule has 0 bridgehead atoms. The topological polar surface area (TPSA) is 40.2 Å². The Morgan fingerprint density at radius 2 is 1.79 bits per heavy atom. The minimum Gasteiger partial charge on any atom is -0.493 e. The van der Waals surface area contributed by atoms with E-state index in [1.165, 1.54) is 5.56 Å². The van der Waals surface area contributed by atoms with Crippen LogP contribution in [0.15, 0.2) is 23.8 Å². The Labute approximate surface area is 143 Å². The lowest BCUT2D eigenvalue weighted by atomic mass is 9.74. The second-order valence-corrected chi connectivity index (χ2v) is 6.79. The van der Waals surface area contributed by atoms with Gasteiger partial charge in [-0.15, -0.1) is 0 Å². The summed E-state index contributed by atoms with van der Waals surface area (Å²) in [7, 11) is 7.24. The number of hydrogen-bond donors (Lipinski definition) is 0. The van der Waals surface area contributed by atoms with E-state index in [2.05, 4.69) is 24.1 Å². The van der Waals surface area contributed by atoms with Gasteiger partial charge in [-0.05, 0) is 37.6 Å². The lowest BCUT2D eigenvalue weighted by molar-refractivity contribution is -0.179. The molecular weight excluding hydrogens is 306 g/mol. The molecule has 0 saturated carbocycles. The van der Waals surface area contributed by atoms with Crippen molar-refractivity contribution in [3.63, 3.8) is 0 Å². The molecule has 4 rings (SSSR count). The van der Waals surface area contributed by atoms with E-state index in [1.807, 2.05) is 6.07 Å². The number of likely N-dealkylation sites (tertiary alicyclic amines) is 1. The molecule has 3 aliphatic rings. The van der Waals surface area contributed by atoms with Gasteiger partial charge in [0.2, 0.25) is 0 Å². The molecule has 0 aromatic heterocycles. The van der Waals surface area contributed by atoms with Crippen LogP contribution < -0.4 is 9.47 Å². The highest BCUT2D eigenvalue weighted by molar-refractivity contribution is 5.52. The molecular formula is C19H25NO4. The molecule has 1 aromatic carbocycles. The second kappa shape index (κ2) is 6.06. The molecule has 0 amide bonds. The fraction of sp³-hybridized carbons (Fsp3) is 0.579. The first-order valence-electron chi connectivity index (χ1n) is 8.51. The first-order chi connectivity index (χ1) is 11.7. The van der Waals surface area contributed by atoms with Gasteiger partial charge in [0.1, 0.15) is 0 Å². The minimum absolute atomic E-state index is 0.134. The maximum absolute atomic E-state index is 6.31.